The van der Waals surface area contributed by atoms with Gasteiger partial charge in [0.25, 0.3) is 0 Å². The molecule has 0 saturated heterocycles. The molecule has 0 radical (unpaired) electrons. The van der Waals surface area contributed by atoms with Crippen molar-refractivity contribution in [2.45, 2.75) is 6.92 Å². The fourth-order valence-corrected chi connectivity index (χ4v) is 2.08. The molecule has 0 aliphatic rings. The van der Waals surface area contributed by atoms with Crippen LogP contribution in [-0.2, 0) is 0 Å². The lowest BCUT2D eigenvalue weighted by molar-refractivity contribution is 1.51. The van der Waals surface area contributed by atoms with Crippen molar-refractivity contribution in [3.05, 3.63) is 45.4 Å². The van der Waals surface area contributed by atoms with Gasteiger partial charge in [-0.15, -0.1) is 11.3 Å². The van der Waals surface area contributed by atoms with Crippen LogP contribution in [0, 0.1) is 6.92 Å². The van der Waals surface area contributed by atoms with Crippen molar-refractivity contribution in [3.63, 3.8) is 0 Å². The molecule has 0 amide bonds. The molecule has 2 aromatic rings. The minimum absolute atomic E-state index is 0.115. The van der Waals surface area contributed by atoms with Crippen LogP contribution in [0.1, 0.15) is 5.56 Å². The van der Waals surface area contributed by atoms with Gasteiger partial charge in [-0.3, -0.25) is 4.79 Å². The molecular weight excluding hydrogens is 168 g/mol. The Morgan fingerprint density at radius 3 is 2.92 bits per heavy atom. The van der Waals surface area contributed by atoms with Gasteiger partial charge in [-0.1, -0.05) is 6.07 Å². The van der Waals surface area contributed by atoms with Crippen molar-refractivity contribution in [2.75, 3.05) is 0 Å². The molecule has 1 aromatic heterocycles. The first-order chi connectivity index (χ1) is 5.77. The van der Waals surface area contributed by atoms with E-state index in [1.807, 2.05) is 30.5 Å². The smallest absolute Gasteiger partial charge is 0.188 e. The van der Waals surface area contributed by atoms with Gasteiger partial charge in [0.2, 0.25) is 0 Å². The van der Waals surface area contributed by atoms with Crippen LogP contribution >= 0.6 is 11.3 Å². The maximum absolute atomic E-state index is 11.3. The van der Waals surface area contributed by atoms with Crippen molar-refractivity contribution in [1.29, 1.82) is 0 Å². The van der Waals surface area contributed by atoms with Crippen LogP contribution in [0.5, 0.6) is 0 Å². The highest BCUT2D eigenvalue weighted by Gasteiger charge is 1.96. The third-order valence-electron chi connectivity index (χ3n) is 1.82. The topological polar surface area (TPSA) is 17.1 Å². The first-order valence-corrected chi connectivity index (χ1v) is 4.63. The van der Waals surface area contributed by atoms with Crippen molar-refractivity contribution in [2.24, 2.45) is 0 Å². The number of hydrogen-bond acceptors (Lipinski definition) is 2. The molecule has 0 unspecified atom stereocenters. The number of hydrogen-bond donors (Lipinski definition) is 0. The van der Waals surface area contributed by atoms with Gasteiger partial charge in [0.05, 0.1) is 0 Å². The van der Waals surface area contributed by atoms with Gasteiger partial charge in [-0.2, -0.15) is 0 Å². The third-order valence-corrected chi connectivity index (χ3v) is 2.68. The fraction of sp³-hybridized carbons (Fsp3) is 0.100. The minimum Gasteiger partial charge on any atom is -0.289 e. The summed E-state index contributed by atoms with van der Waals surface area (Å²) in [5, 5.41) is 2.66. The zero-order valence-corrected chi connectivity index (χ0v) is 7.52. The molecule has 0 saturated carbocycles. The molecule has 1 nitrogen and oxygen atoms in total. The third kappa shape index (κ3) is 1.14. The molecule has 1 aromatic carbocycles. The van der Waals surface area contributed by atoms with Gasteiger partial charge in [-0.05, 0) is 36.1 Å². The Morgan fingerprint density at radius 2 is 2.08 bits per heavy atom. The van der Waals surface area contributed by atoms with E-state index in [1.54, 1.807) is 17.4 Å². The number of fused-ring (bicyclic) bond motifs is 1. The Morgan fingerprint density at radius 1 is 1.25 bits per heavy atom. The zero-order valence-electron chi connectivity index (χ0n) is 6.70. The van der Waals surface area contributed by atoms with E-state index in [4.69, 9.17) is 0 Å². The summed E-state index contributed by atoms with van der Waals surface area (Å²) in [5.41, 5.74) is 1.31. The predicted octanol–water partition coefficient (Wildman–Crippen LogP) is 2.57. The summed E-state index contributed by atoms with van der Waals surface area (Å²) in [6.45, 7) is 2.03. The van der Waals surface area contributed by atoms with E-state index in [0.29, 0.717) is 0 Å². The summed E-state index contributed by atoms with van der Waals surface area (Å²) in [4.78, 5) is 11.3. The lowest BCUT2D eigenvalue weighted by Crippen LogP contribution is -1.96. The van der Waals surface area contributed by atoms with E-state index in [9.17, 15) is 4.79 Å². The van der Waals surface area contributed by atoms with Gasteiger partial charge in [0, 0.05) is 10.1 Å². The molecule has 2 heteroatoms. The summed E-state index contributed by atoms with van der Waals surface area (Å²) >= 11 is 1.61. The van der Waals surface area contributed by atoms with E-state index < -0.39 is 0 Å². The quantitative estimate of drug-likeness (QED) is 0.603. The normalized spacial score (nSPS) is 10.4. The Kier molecular flexibility index (Phi) is 1.70. The molecule has 12 heavy (non-hydrogen) atoms. The summed E-state index contributed by atoms with van der Waals surface area (Å²) in [7, 11) is 0. The SMILES string of the molecule is Cc1ccc2c(=O)ccsc2c1. The molecule has 0 atom stereocenters. The molecular formula is C10H8OS. The maximum atomic E-state index is 11.3. The van der Waals surface area contributed by atoms with Crippen LogP contribution in [0.25, 0.3) is 10.1 Å². The van der Waals surface area contributed by atoms with Gasteiger partial charge in [0.15, 0.2) is 5.43 Å². The molecule has 0 bridgehead atoms. The summed E-state index contributed by atoms with van der Waals surface area (Å²) in [5.74, 6) is 0. The summed E-state index contributed by atoms with van der Waals surface area (Å²) in [6, 6.07) is 7.52. The molecule has 1 heterocycles. The second-order valence-electron chi connectivity index (χ2n) is 2.78. The molecule has 0 spiro atoms. The van der Waals surface area contributed by atoms with E-state index in [-0.39, 0.29) is 5.43 Å². The predicted molar refractivity (Wildman–Crippen MR) is 52.8 cm³/mol. The molecule has 0 fully saturated rings. The highest BCUT2D eigenvalue weighted by atomic mass is 32.1. The lowest BCUT2D eigenvalue weighted by atomic mass is 10.2. The van der Waals surface area contributed by atoms with Crippen LogP contribution in [0.4, 0.5) is 0 Å². The first kappa shape index (κ1) is 7.50. The number of aryl methyl sites for hydroxylation is 1. The standard InChI is InChI=1S/C10H8OS/c1-7-2-3-8-9(11)4-5-12-10(8)6-7/h2-6H,1H3. The molecule has 60 valence electrons. The highest BCUT2D eigenvalue weighted by molar-refractivity contribution is 7.16. The maximum Gasteiger partial charge on any atom is 0.188 e. The van der Waals surface area contributed by atoms with Crippen molar-refractivity contribution in [1.82, 2.24) is 0 Å². The Labute approximate surface area is 74.3 Å². The van der Waals surface area contributed by atoms with Crippen molar-refractivity contribution in [3.8, 4) is 0 Å². The van der Waals surface area contributed by atoms with Crippen LogP contribution in [-0.4, -0.2) is 0 Å². The largest absolute Gasteiger partial charge is 0.289 e. The summed E-state index contributed by atoms with van der Waals surface area (Å²) < 4.78 is 1.07. The van der Waals surface area contributed by atoms with Crippen LogP contribution in [0.2, 0.25) is 0 Å². The Bertz CT molecular complexity index is 470. The Hall–Kier alpha value is -1.15. The monoisotopic (exact) mass is 176 g/mol. The molecule has 2 rings (SSSR count). The van der Waals surface area contributed by atoms with Crippen LogP contribution < -0.4 is 5.43 Å². The van der Waals surface area contributed by atoms with E-state index >= 15 is 0 Å². The van der Waals surface area contributed by atoms with Gasteiger partial charge < -0.3 is 0 Å². The summed E-state index contributed by atoms with van der Waals surface area (Å²) in [6.07, 6.45) is 0. The van der Waals surface area contributed by atoms with Gasteiger partial charge in [0.1, 0.15) is 0 Å². The second kappa shape index (κ2) is 2.72. The first-order valence-electron chi connectivity index (χ1n) is 3.75. The zero-order chi connectivity index (χ0) is 8.55. The molecule has 0 N–H and O–H groups in total. The van der Waals surface area contributed by atoms with E-state index in [1.165, 1.54) is 5.56 Å². The molecule has 0 aliphatic carbocycles. The lowest BCUT2D eigenvalue weighted by Gasteiger charge is -1.95. The van der Waals surface area contributed by atoms with E-state index in [0.717, 1.165) is 10.1 Å². The van der Waals surface area contributed by atoms with Gasteiger partial charge >= 0.3 is 0 Å². The van der Waals surface area contributed by atoms with Crippen molar-refractivity contribution >= 4 is 21.4 Å². The minimum atomic E-state index is 0.115. The van der Waals surface area contributed by atoms with E-state index in [2.05, 4.69) is 0 Å². The Balaban J connectivity index is 2.96. The van der Waals surface area contributed by atoms with Crippen LogP contribution in [0.15, 0.2) is 34.4 Å². The molecule has 0 aliphatic heterocycles. The van der Waals surface area contributed by atoms with Crippen LogP contribution in [0.3, 0.4) is 0 Å². The average molecular weight is 176 g/mol. The van der Waals surface area contributed by atoms with Crippen molar-refractivity contribution < 1.29 is 0 Å². The highest BCUT2D eigenvalue weighted by Crippen LogP contribution is 2.15. The number of benzene rings is 1. The second-order valence-corrected chi connectivity index (χ2v) is 3.73. The fourth-order valence-electron chi connectivity index (χ4n) is 1.19. The average Bonchev–Trinajstić information content (AvgIpc) is 2.04. The van der Waals surface area contributed by atoms with Gasteiger partial charge in [-0.25, -0.2) is 0 Å². The number of rotatable bonds is 0.